The van der Waals surface area contributed by atoms with Crippen LogP contribution in [0.5, 0.6) is 0 Å². The van der Waals surface area contributed by atoms with Crippen molar-refractivity contribution >= 4 is 23.6 Å². The number of amides is 2. The van der Waals surface area contributed by atoms with Gasteiger partial charge in [0.1, 0.15) is 0 Å². The van der Waals surface area contributed by atoms with E-state index >= 15 is 0 Å². The van der Waals surface area contributed by atoms with Crippen molar-refractivity contribution in [1.29, 1.82) is 0 Å². The minimum atomic E-state index is -0.205. The molecule has 28 heavy (non-hydrogen) atoms. The molecule has 7 nitrogen and oxygen atoms in total. The molecule has 1 unspecified atom stereocenters. The van der Waals surface area contributed by atoms with Gasteiger partial charge in [-0.05, 0) is 18.9 Å². The summed E-state index contributed by atoms with van der Waals surface area (Å²) in [5, 5.41) is 3.84. The van der Waals surface area contributed by atoms with Gasteiger partial charge in [-0.2, -0.15) is 4.98 Å². The molecule has 1 aromatic carbocycles. The number of thioether (sulfide) groups is 1. The summed E-state index contributed by atoms with van der Waals surface area (Å²) in [6.45, 7) is 7.94. The van der Waals surface area contributed by atoms with Crippen LogP contribution in [0.3, 0.4) is 0 Å². The third-order valence-corrected chi connectivity index (χ3v) is 6.04. The molecule has 0 spiro atoms. The zero-order valence-corrected chi connectivity index (χ0v) is 17.4. The van der Waals surface area contributed by atoms with Crippen LogP contribution in [-0.4, -0.2) is 63.2 Å². The maximum atomic E-state index is 12.6. The Bertz CT molecular complexity index is 813. The number of nitrogens with zero attached hydrogens (tertiary/aromatic N) is 4. The molecule has 2 heterocycles. The van der Waals surface area contributed by atoms with Crippen molar-refractivity contribution in [3.63, 3.8) is 0 Å². The summed E-state index contributed by atoms with van der Waals surface area (Å²) in [5.41, 5.74) is 2.18. The first-order valence-corrected chi connectivity index (χ1v) is 10.6. The number of carbonyl (C=O) groups excluding carboxylic acids is 2. The van der Waals surface area contributed by atoms with E-state index in [-0.39, 0.29) is 17.1 Å². The second kappa shape index (κ2) is 9.23. The summed E-state index contributed by atoms with van der Waals surface area (Å²) in [4.78, 5) is 32.1. The fourth-order valence-electron chi connectivity index (χ4n) is 3.09. The number of hydrogen-bond donors (Lipinski definition) is 0. The lowest BCUT2D eigenvalue weighted by atomic mass is 10.1. The summed E-state index contributed by atoms with van der Waals surface area (Å²) in [6, 6.07) is 8.11. The van der Waals surface area contributed by atoms with E-state index in [1.165, 1.54) is 17.3 Å². The van der Waals surface area contributed by atoms with Crippen LogP contribution >= 0.6 is 11.8 Å². The Morgan fingerprint density at radius 3 is 2.39 bits per heavy atom. The third kappa shape index (κ3) is 4.92. The van der Waals surface area contributed by atoms with Gasteiger partial charge in [0.15, 0.2) is 0 Å². The first kappa shape index (κ1) is 20.4. The van der Waals surface area contributed by atoms with Gasteiger partial charge in [0, 0.05) is 38.7 Å². The molecule has 2 amide bonds. The van der Waals surface area contributed by atoms with Crippen LogP contribution in [0.15, 0.2) is 28.8 Å². The summed E-state index contributed by atoms with van der Waals surface area (Å²) < 4.78 is 5.34. The van der Waals surface area contributed by atoms with Crippen LogP contribution in [-0.2, 0) is 21.8 Å². The van der Waals surface area contributed by atoms with Crippen LogP contribution < -0.4 is 0 Å². The van der Waals surface area contributed by atoms with E-state index in [1.54, 1.807) is 11.8 Å². The Balaban J connectivity index is 1.50. The van der Waals surface area contributed by atoms with Gasteiger partial charge >= 0.3 is 0 Å². The number of aromatic nitrogens is 2. The zero-order valence-electron chi connectivity index (χ0n) is 16.6. The van der Waals surface area contributed by atoms with Gasteiger partial charge in [0.25, 0.3) is 0 Å². The van der Waals surface area contributed by atoms with E-state index in [4.69, 9.17) is 4.52 Å². The number of rotatable bonds is 6. The second-order valence-corrected chi connectivity index (χ2v) is 8.18. The van der Waals surface area contributed by atoms with Gasteiger partial charge < -0.3 is 14.3 Å². The highest BCUT2D eigenvalue weighted by Gasteiger charge is 2.26. The van der Waals surface area contributed by atoms with Crippen molar-refractivity contribution < 1.29 is 14.1 Å². The Morgan fingerprint density at radius 1 is 1.14 bits per heavy atom. The standard InChI is InChI=1S/C20H26N4O3S/c1-4-16-5-7-17(8-6-16)19-21-18(27-22-19)13-28-14(2)20(26)24-11-9-23(10-12-24)15(3)25/h5-8,14H,4,9-13H2,1-3H3. The number of carbonyl (C=O) groups is 2. The lowest BCUT2D eigenvalue weighted by Gasteiger charge is -2.35. The molecule has 0 aliphatic carbocycles. The Kier molecular flexibility index (Phi) is 6.72. The molecule has 1 aliphatic heterocycles. The lowest BCUT2D eigenvalue weighted by Crippen LogP contribution is -2.51. The maximum Gasteiger partial charge on any atom is 0.236 e. The van der Waals surface area contributed by atoms with E-state index < -0.39 is 0 Å². The SMILES string of the molecule is CCc1ccc(-c2noc(CSC(C)C(=O)N3CCN(C(C)=O)CC3)n2)cc1. The Labute approximate surface area is 169 Å². The van der Waals surface area contributed by atoms with Crippen LogP contribution in [0.4, 0.5) is 0 Å². The summed E-state index contributed by atoms with van der Waals surface area (Å²) in [5.74, 6) is 1.72. The van der Waals surface area contributed by atoms with E-state index in [0.717, 1.165) is 12.0 Å². The van der Waals surface area contributed by atoms with E-state index in [0.29, 0.717) is 43.6 Å². The quantitative estimate of drug-likeness (QED) is 0.739. The first-order chi connectivity index (χ1) is 13.5. The van der Waals surface area contributed by atoms with Crippen molar-refractivity contribution in [2.75, 3.05) is 26.2 Å². The predicted octanol–water partition coefficient (Wildman–Crippen LogP) is 2.61. The second-order valence-electron chi connectivity index (χ2n) is 6.85. The molecule has 8 heteroatoms. The van der Waals surface area contributed by atoms with Crippen LogP contribution in [0, 0.1) is 0 Å². The van der Waals surface area contributed by atoms with E-state index in [1.807, 2.05) is 24.0 Å². The monoisotopic (exact) mass is 402 g/mol. The Hall–Kier alpha value is -2.35. The highest BCUT2D eigenvalue weighted by Crippen LogP contribution is 2.22. The molecular formula is C20H26N4O3S. The molecule has 1 saturated heterocycles. The minimum Gasteiger partial charge on any atom is -0.339 e. The molecular weight excluding hydrogens is 376 g/mol. The summed E-state index contributed by atoms with van der Waals surface area (Å²) in [7, 11) is 0. The average molecular weight is 403 g/mol. The number of aryl methyl sites for hydroxylation is 1. The van der Waals surface area contributed by atoms with Crippen molar-refractivity contribution in [3.05, 3.63) is 35.7 Å². The zero-order chi connectivity index (χ0) is 20.1. The van der Waals surface area contributed by atoms with Crippen LogP contribution in [0.25, 0.3) is 11.4 Å². The predicted molar refractivity (Wildman–Crippen MR) is 109 cm³/mol. The molecule has 2 aromatic rings. The maximum absolute atomic E-state index is 12.6. The van der Waals surface area contributed by atoms with Crippen LogP contribution in [0.2, 0.25) is 0 Å². The third-order valence-electron chi connectivity index (χ3n) is 4.93. The van der Waals surface area contributed by atoms with Gasteiger partial charge in [-0.25, -0.2) is 0 Å². The van der Waals surface area contributed by atoms with E-state index in [9.17, 15) is 9.59 Å². The van der Waals surface area contributed by atoms with Crippen molar-refractivity contribution in [2.45, 2.75) is 38.2 Å². The molecule has 1 aliphatic rings. The smallest absolute Gasteiger partial charge is 0.236 e. The largest absolute Gasteiger partial charge is 0.339 e. The molecule has 1 atom stereocenters. The fourth-order valence-corrected chi connectivity index (χ4v) is 3.89. The van der Waals surface area contributed by atoms with Gasteiger partial charge in [0.2, 0.25) is 23.5 Å². The van der Waals surface area contributed by atoms with Crippen molar-refractivity contribution in [2.24, 2.45) is 0 Å². The molecule has 3 rings (SSSR count). The van der Waals surface area contributed by atoms with E-state index in [2.05, 4.69) is 29.2 Å². The normalized spacial score (nSPS) is 15.5. The minimum absolute atomic E-state index is 0.0612. The molecule has 1 fully saturated rings. The van der Waals surface area contributed by atoms with Gasteiger partial charge in [-0.3, -0.25) is 9.59 Å². The van der Waals surface area contributed by atoms with Gasteiger partial charge in [-0.1, -0.05) is 36.3 Å². The molecule has 150 valence electrons. The molecule has 0 radical (unpaired) electrons. The van der Waals surface area contributed by atoms with Gasteiger partial charge in [-0.15, -0.1) is 11.8 Å². The molecule has 0 N–H and O–H groups in total. The summed E-state index contributed by atoms with van der Waals surface area (Å²) in [6.07, 6.45) is 0.990. The van der Waals surface area contributed by atoms with Crippen molar-refractivity contribution in [3.8, 4) is 11.4 Å². The Morgan fingerprint density at radius 2 is 1.79 bits per heavy atom. The summed E-state index contributed by atoms with van der Waals surface area (Å²) >= 11 is 1.48. The lowest BCUT2D eigenvalue weighted by molar-refractivity contribution is -0.137. The van der Waals surface area contributed by atoms with Crippen molar-refractivity contribution in [1.82, 2.24) is 19.9 Å². The number of hydrogen-bond acceptors (Lipinski definition) is 6. The molecule has 0 saturated carbocycles. The fraction of sp³-hybridized carbons (Fsp3) is 0.500. The highest BCUT2D eigenvalue weighted by molar-refractivity contribution is 7.99. The number of benzene rings is 1. The first-order valence-electron chi connectivity index (χ1n) is 9.55. The number of piperazine rings is 1. The molecule has 1 aromatic heterocycles. The van der Waals surface area contributed by atoms with Crippen LogP contribution in [0.1, 0.15) is 32.2 Å². The van der Waals surface area contributed by atoms with Gasteiger partial charge in [0.05, 0.1) is 11.0 Å². The molecule has 0 bridgehead atoms. The topological polar surface area (TPSA) is 79.5 Å². The highest BCUT2D eigenvalue weighted by atomic mass is 32.2. The average Bonchev–Trinajstić information content (AvgIpc) is 3.20.